The van der Waals surface area contributed by atoms with Crippen molar-refractivity contribution in [1.82, 2.24) is 15.8 Å². The molecular formula is C20H30N4O3S. The average Bonchev–Trinajstić information content (AvgIpc) is 3.18. The maximum absolute atomic E-state index is 12.3. The fraction of sp³-hybridized carbons (Fsp3) is 0.500. The molecule has 0 unspecified atom stereocenters. The average molecular weight is 407 g/mol. The van der Waals surface area contributed by atoms with E-state index in [9.17, 15) is 8.42 Å². The van der Waals surface area contributed by atoms with E-state index in [0.717, 1.165) is 24.3 Å². The predicted octanol–water partition coefficient (Wildman–Crippen LogP) is 3.11. The summed E-state index contributed by atoms with van der Waals surface area (Å²) in [6, 6.07) is 10.5. The summed E-state index contributed by atoms with van der Waals surface area (Å²) in [5.41, 5.74) is 0.982. The number of nitrogens with zero attached hydrogens (tertiary/aromatic N) is 2. The minimum atomic E-state index is -3.25. The molecule has 0 atom stereocenters. The minimum Gasteiger partial charge on any atom is -0.359 e. The fourth-order valence-corrected chi connectivity index (χ4v) is 4.25. The first kappa shape index (κ1) is 21.9. The molecule has 0 saturated heterocycles. The molecule has 0 bridgehead atoms. The van der Waals surface area contributed by atoms with Gasteiger partial charge < -0.3 is 15.2 Å². The molecule has 28 heavy (non-hydrogen) atoms. The van der Waals surface area contributed by atoms with Crippen LogP contribution in [0.15, 0.2) is 50.8 Å². The lowest BCUT2D eigenvalue weighted by molar-refractivity contribution is 0.368. The smallest absolute Gasteiger partial charge is 0.191 e. The van der Waals surface area contributed by atoms with Crippen molar-refractivity contribution >= 4 is 15.8 Å². The Morgan fingerprint density at radius 2 is 1.89 bits per heavy atom. The summed E-state index contributed by atoms with van der Waals surface area (Å²) in [5.74, 6) is 1.85. The van der Waals surface area contributed by atoms with Gasteiger partial charge >= 0.3 is 0 Å². The number of hydrogen-bond donors (Lipinski definition) is 2. The lowest BCUT2D eigenvalue weighted by atomic mass is 9.99. The van der Waals surface area contributed by atoms with Crippen LogP contribution >= 0.6 is 0 Å². The number of hydrogen-bond acceptors (Lipinski definition) is 5. The van der Waals surface area contributed by atoms with Crippen molar-refractivity contribution < 1.29 is 12.9 Å². The van der Waals surface area contributed by atoms with Gasteiger partial charge in [-0.25, -0.2) is 8.42 Å². The number of sulfone groups is 1. The van der Waals surface area contributed by atoms with E-state index in [1.807, 2.05) is 6.07 Å². The van der Waals surface area contributed by atoms with Gasteiger partial charge in [-0.2, -0.15) is 0 Å². The summed E-state index contributed by atoms with van der Waals surface area (Å²) in [6.45, 7) is 5.26. The van der Waals surface area contributed by atoms with Crippen molar-refractivity contribution in [3.63, 3.8) is 0 Å². The molecule has 1 aromatic heterocycles. The molecule has 0 radical (unpaired) electrons. The Labute approximate surface area is 167 Å². The highest BCUT2D eigenvalue weighted by molar-refractivity contribution is 7.91. The molecule has 7 nitrogen and oxygen atoms in total. The highest BCUT2D eigenvalue weighted by Crippen LogP contribution is 2.22. The monoisotopic (exact) mass is 406 g/mol. The molecule has 154 valence electrons. The van der Waals surface area contributed by atoms with Crippen LogP contribution in [0.1, 0.15) is 50.5 Å². The van der Waals surface area contributed by atoms with Crippen LogP contribution in [0, 0.1) is 0 Å². The van der Waals surface area contributed by atoms with E-state index in [1.165, 1.54) is 0 Å². The predicted molar refractivity (Wildman–Crippen MR) is 111 cm³/mol. The van der Waals surface area contributed by atoms with Gasteiger partial charge in [0.05, 0.1) is 22.9 Å². The van der Waals surface area contributed by atoms with Gasteiger partial charge in [0, 0.05) is 25.6 Å². The van der Waals surface area contributed by atoms with Crippen LogP contribution in [0.2, 0.25) is 0 Å². The standard InChI is InChI=1S/C20H30N4O3S/c1-4-16(5-2)19-14-17(27-24-19)15-23-20(21-3)22-12-9-13-28(25,26)18-10-7-6-8-11-18/h6-8,10-11,14,16H,4-5,9,12-13,15H2,1-3H3,(H2,21,22,23). The first-order valence-electron chi connectivity index (χ1n) is 9.68. The quantitative estimate of drug-likeness (QED) is 0.357. The molecule has 0 aliphatic carbocycles. The van der Waals surface area contributed by atoms with Crippen LogP contribution in [0.3, 0.4) is 0 Å². The van der Waals surface area contributed by atoms with Crippen molar-refractivity contribution in [3.05, 3.63) is 47.9 Å². The topological polar surface area (TPSA) is 96.6 Å². The van der Waals surface area contributed by atoms with Gasteiger partial charge in [0.25, 0.3) is 0 Å². The second-order valence-electron chi connectivity index (χ2n) is 6.57. The molecule has 0 amide bonds. The third-order valence-electron chi connectivity index (χ3n) is 4.62. The van der Waals surface area contributed by atoms with Crippen molar-refractivity contribution in [2.75, 3.05) is 19.3 Å². The zero-order valence-corrected chi connectivity index (χ0v) is 17.6. The molecule has 0 saturated carbocycles. The Balaban J connectivity index is 1.76. The Kier molecular flexibility index (Phi) is 8.50. The van der Waals surface area contributed by atoms with E-state index in [0.29, 0.717) is 36.3 Å². The molecule has 0 spiro atoms. The normalized spacial score (nSPS) is 12.4. The molecule has 1 heterocycles. The molecule has 2 aromatic rings. The highest BCUT2D eigenvalue weighted by atomic mass is 32.2. The molecule has 1 aromatic carbocycles. The second kappa shape index (κ2) is 10.8. The highest BCUT2D eigenvalue weighted by Gasteiger charge is 2.14. The summed E-state index contributed by atoms with van der Waals surface area (Å²) in [4.78, 5) is 4.51. The first-order chi connectivity index (χ1) is 13.5. The van der Waals surface area contributed by atoms with Gasteiger partial charge in [-0.15, -0.1) is 0 Å². The largest absolute Gasteiger partial charge is 0.359 e. The van der Waals surface area contributed by atoms with Crippen molar-refractivity contribution in [3.8, 4) is 0 Å². The molecule has 0 aliphatic heterocycles. The SMILES string of the molecule is CCC(CC)c1cc(CNC(=NC)NCCCS(=O)(=O)c2ccccc2)on1. The second-order valence-corrected chi connectivity index (χ2v) is 8.68. The van der Waals surface area contributed by atoms with Gasteiger partial charge in [0.2, 0.25) is 0 Å². The molecule has 2 N–H and O–H groups in total. The summed E-state index contributed by atoms with van der Waals surface area (Å²) < 4.78 is 29.9. The van der Waals surface area contributed by atoms with Crippen LogP contribution in [0.5, 0.6) is 0 Å². The van der Waals surface area contributed by atoms with Crippen LogP contribution < -0.4 is 10.6 Å². The number of nitrogens with one attached hydrogen (secondary N) is 2. The number of aliphatic imine (C=N–C) groups is 1. The van der Waals surface area contributed by atoms with E-state index in [1.54, 1.807) is 37.4 Å². The third-order valence-corrected chi connectivity index (χ3v) is 6.44. The summed E-state index contributed by atoms with van der Waals surface area (Å²) >= 11 is 0. The Morgan fingerprint density at radius 1 is 1.18 bits per heavy atom. The van der Waals surface area contributed by atoms with Gasteiger partial charge in [-0.1, -0.05) is 37.2 Å². The minimum absolute atomic E-state index is 0.0852. The third kappa shape index (κ3) is 6.37. The van der Waals surface area contributed by atoms with Crippen molar-refractivity contribution in [2.45, 2.75) is 50.5 Å². The van der Waals surface area contributed by atoms with Crippen LogP contribution in [-0.2, 0) is 16.4 Å². The zero-order chi connectivity index (χ0) is 20.4. The number of benzene rings is 1. The lowest BCUT2D eigenvalue weighted by Gasteiger charge is -2.11. The Morgan fingerprint density at radius 3 is 2.54 bits per heavy atom. The number of guanidine groups is 1. The van der Waals surface area contributed by atoms with Gasteiger partial charge in [0.15, 0.2) is 21.6 Å². The fourth-order valence-electron chi connectivity index (χ4n) is 2.92. The van der Waals surface area contributed by atoms with E-state index in [2.05, 4.69) is 34.6 Å². The van der Waals surface area contributed by atoms with Crippen LogP contribution in [-0.4, -0.2) is 38.9 Å². The number of aromatic nitrogens is 1. The summed E-state index contributed by atoms with van der Waals surface area (Å²) in [7, 11) is -1.58. The van der Waals surface area contributed by atoms with Crippen molar-refractivity contribution in [2.24, 2.45) is 4.99 Å². The van der Waals surface area contributed by atoms with Gasteiger partial charge in [-0.3, -0.25) is 4.99 Å². The molecule has 0 fully saturated rings. The molecule has 2 rings (SSSR count). The van der Waals surface area contributed by atoms with E-state index in [4.69, 9.17) is 4.52 Å². The van der Waals surface area contributed by atoms with Gasteiger partial charge in [-0.05, 0) is 31.4 Å². The van der Waals surface area contributed by atoms with Gasteiger partial charge in [0.1, 0.15) is 0 Å². The summed E-state index contributed by atoms with van der Waals surface area (Å²) in [6.07, 6.45) is 2.55. The van der Waals surface area contributed by atoms with Crippen LogP contribution in [0.25, 0.3) is 0 Å². The summed E-state index contributed by atoms with van der Waals surface area (Å²) in [5, 5.41) is 10.4. The Bertz CT molecular complexity index is 843. The van der Waals surface area contributed by atoms with E-state index in [-0.39, 0.29) is 5.75 Å². The molecular weight excluding hydrogens is 376 g/mol. The lowest BCUT2D eigenvalue weighted by Crippen LogP contribution is -2.37. The van der Waals surface area contributed by atoms with E-state index >= 15 is 0 Å². The van der Waals surface area contributed by atoms with Crippen LogP contribution in [0.4, 0.5) is 0 Å². The number of rotatable bonds is 10. The zero-order valence-electron chi connectivity index (χ0n) is 16.8. The molecule has 8 heteroatoms. The molecule has 0 aliphatic rings. The maximum atomic E-state index is 12.3. The maximum Gasteiger partial charge on any atom is 0.191 e. The Hall–Kier alpha value is -2.35. The van der Waals surface area contributed by atoms with Crippen molar-refractivity contribution in [1.29, 1.82) is 0 Å². The van der Waals surface area contributed by atoms with E-state index < -0.39 is 9.84 Å². The first-order valence-corrected chi connectivity index (χ1v) is 11.3.